The van der Waals surface area contributed by atoms with Crippen LogP contribution < -0.4 is 26.2 Å². The van der Waals surface area contributed by atoms with E-state index in [4.69, 9.17) is 9.73 Å². The van der Waals surface area contributed by atoms with Crippen LogP contribution in [0.4, 0.5) is 16.2 Å². The number of carboxylic acid groups (broad SMARTS) is 1. The number of carboxylic acids is 1. The van der Waals surface area contributed by atoms with Crippen molar-refractivity contribution >= 4 is 35.3 Å². The number of anilines is 2. The lowest BCUT2D eigenvalue weighted by Gasteiger charge is -2.33. The molecule has 5 N–H and O–H groups in total. The molecular formula is C29H38N6O5. The maximum absolute atomic E-state index is 12.8. The zero-order valence-corrected chi connectivity index (χ0v) is 23.0. The number of carbonyl (C=O) groups is 3. The highest BCUT2D eigenvalue weighted by atomic mass is 16.5. The Balaban J connectivity index is 1.22. The molecule has 2 aromatic rings. The number of hydrogen-bond acceptors (Lipinski definition) is 8. The molecule has 0 radical (unpaired) electrons. The predicted molar refractivity (Wildman–Crippen MR) is 153 cm³/mol. The van der Waals surface area contributed by atoms with Gasteiger partial charge >= 0.3 is 12.1 Å². The Kier molecular flexibility index (Phi) is 9.47. The molecule has 11 nitrogen and oxygen atoms in total. The van der Waals surface area contributed by atoms with Crippen molar-refractivity contribution in [3.8, 4) is 0 Å². The summed E-state index contributed by atoms with van der Waals surface area (Å²) in [6.45, 7) is 6.29. The summed E-state index contributed by atoms with van der Waals surface area (Å²) < 4.78 is 5.10. The summed E-state index contributed by atoms with van der Waals surface area (Å²) in [5.41, 5.74) is 2.69. The maximum atomic E-state index is 12.8. The highest BCUT2D eigenvalue weighted by Gasteiger charge is 2.28. The molecule has 2 aliphatic rings. The van der Waals surface area contributed by atoms with Gasteiger partial charge in [-0.3, -0.25) is 4.79 Å². The lowest BCUT2D eigenvalue weighted by atomic mass is 9.95. The molecule has 40 heavy (non-hydrogen) atoms. The predicted octanol–water partition coefficient (Wildman–Crippen LogP) is 2.94. The SMILES string of the molecule is CC1(C)CCNC(Nc2cccc(N3CCC(C(=O)NC[C@H](NC(=O)OCc4ccccc4)C(=O)O)CC3)c2)=N1. The molecule has 1 saturated heterocycles. The Morgan fingerprint density at radius 1 is 1.12 bits per heavy atom. The van der Waals surface area contributed by atoms with Gasteiger partial charge in [-0.05, 0) is 56.9 Å². The van der Waals surface area contributed by atoms with E-state index in [0.717, 1.165) is 35.9 Å². The molecule has 2 heterocycles. The van der Waals surface area contributed by atoms with Gasteiger partial charge in [0.1, 0.15) is 12.6 Å². The van der Waals surface area contributed by atoms with Crippen LogP contribution in [0.3, 0.4) is 0 Å². The fourth-order valence-corrected chi connectivity index (χ4v) is 4.73. The molecule has 2 aromatic carbocycles. The third-order valence-corrected chi connectivity index (χ3v) is 7.07. The van der Waals surface area contributed by atoms with Gasteiger partial charge < -0.3 is 36.0 Å². The summed E-state index contributed by atoms with van der Waals surface area (Å²) in [5, 5.41) is 21.2. The number of aliphatic imine (C=N–C) groups is 1. The Morgan fingerprint density at radius 3 is 2.58 bits per heavy atom. The van der Waals surface area contributed by atoms with Crippen molar-refractivity contribution in [1.29, 1.82) is 0 Å². The van der Waals surface area contributed by atoms with Gasteiger partial charge in [0.05, 0.1) is 5.54 Å². The van der Waals surface area contributed by atoms with Crippen molar-refractivity contribution in [2.45, 2.75) is 51.3 Å². The van der Waals surface area contributed by atoms with Gasteiger partial charge in [0, 0.05) is 43.5 Å². The number of benzene rings is 2. The van der Waals surface area contributed by atoms with E-state index >= 15 is 0 Å². The van der Waals surface area contributed by atoms with Gasteiger partial charge in [-0.1, -0.05) is 36.4 Å². The average molecular weight is 551 g/mol. The second kappa shape index (κ2) is 13.2. The molecule has 2 aliphatic heterocycles. The fourth-order valence-electron chi connectivity index (χ4n) is 4.73. The first kappa shape index (κ1) is 28.7. The molecule has 0 saturated carbocycles. The number of rotatable bonds is 9. The van der Waals surface area contributed by atoms with Gasteiger partial charge in [0.15, 0.2) is 5.96 Å². The van der Waals surface area contributed by atoms with Crippen LogP contribution in [-0.4, -0.2) is 66.8 Å². The van der Waals surface area contributed by atoms with Gasteiger partial charge in [0.2, 0.25) is 5.91 Å². The number of piperidine rings is 1. The maximum Gasteiger partial charge on any atom is 0.408 e. The number of alkyl carbamates (subject to hydrolysis) is 1. The van der Waals surface area contributed by atoms with Crippen LogP contribution in [-0.2, 0) is 20.9 Å². The number of hydrogen-bond donors (Lipinski definition) is 5. The normalized spacial score (nSPS) is 17.6. The minimum atomic E-state index is -1.30. The van der Waals surface area contributed by atoms with Crippen molar-refractivity contribution in [2.75, 3.05) is 36.4 Å². The number of nitrogens with zero attached hydrogens (tertiary/aromatic N) is 2. The minimum absolute atomic E-state index is 0.0206. The van der Waals surface area contributed by atoms with Gasteiger partial charge in [-0.25, -0.2) is 14.6 Å². The average Bonchev–Trinajstić information content (AvgIpc) is 2.94. The van der Waals surface area contributed by atoms with Crippen LogP contribution >= 0.6 is 0 Å². The molecule has 214 valence electrons. The quantitative estimate of drug-likeness (QED) is 0.321. The number of ether oxygens (including phenoxy) is 1. The van der Waals surface area contributed by atoms with E-state index in [-0.39, 0.29) is 30.5 Å². The number of amides is 2. The molecule has 0 aromatic heterocycles. The first-order valence-electron chi connectivity index (χ1n) is 13.6. The van der Waals surface area contributed by atoms with Crippen LogP contribution in [0, 0.1) is 5.92 Å². The molecule has 2 amide bonds. The minimum Gasteiger partial charge on any atom is -0.480 e. The largest absolute Gasteiger partial charge is 0.480 e. The van der Waals surface area contributed by atoms with Gasteiger partial charge in [-0.15, -0.1) is 0 Å². The van der Waals surface area contributed by atoms with Crippen molar-refractivity contribution in [3.05, 3.63) is 60.2 Å². The van der Waals surface area contributed by atoms with Crippen LogP contribution in [0.1, 0.15) is 38.7 Å². The topological polar surface area (TPSA) is 144 Å². The van der Waals surface area contributed by atoms with E-state index in [2.05, 4.69) is 46.1 Å². The van der Waals surface area contributed by atoms with E-state index in [9.17, 15) is 19.5 Å². The first-order valence-corrected chi connectivity index (χ1v) is 13.6. The summed E-state index contributed by atoms with van der Waals surface area (Å²) >= 11 is 0. The second-order valence-corrected chi connectivity index (χ2v) is 10.7. The molecule has 1 atom stereocenters. The zero-order chi connectivity index (χ0) is 28.5. The standard InChI is InChI=1S/C29H38N6O5/c1-29(2)13-14-30-27(34-29)32-22-9-6-10-23(17-22)35-15-11-21(12-16-35)25(36)31-18-24(26(37)38)33-28(39)40-19-20-7-4-3-5-8-20/h3-10,17,21,24H,11-16,18-19H2,1-2H3,(H,31,36)(H,33,39)(H,37,38)(H2,30,32,34)/t24-/m0/s1. The van der Waals surface area contributed by atoms with Crippen LogP contribution in [0.5, 0.6) is 0 Å². The second-order valence-electron chi connectivity index (χ2n) is 10.7. The van der Waals surface area contributed by atoms with Crippen molar-refractivity contribution < 1.29 is 24.2 Å². The molecule has 4 rings (SSSR count). The third kappa shape index (κ3) is 8.36. The highest BCUT2D eigenvalue weighted by Crippen LogP contribution is 2.26. The van der Waals surface area contributed by atoms with Crippen molar-refractivity contribution in [2.24, 2.45) is 10.9 Å². The van der Waals surface area contributed by atoms with Crippen LogP contribution in [0.15, 0.2) is 59.6 Å². The molecular weight excluding hydrogens is 512 g/mol. The summed E-state index contributed by atoms with van der Waals surface area (Å²) in [7, 11) is 0. The van der Waals surface area contributed by atoms with E-state index in [1.54, 1.807) is 12.1 Å². The molecule has 0 spiro atoms. The monoisotopic (exact) mass is 550 g/mol. The van der Waals surface area contributed by atoms with Crippen molar-refractivity contribution in [3.63, 3.8) is 0 Å². The summed E-state index contributed by atoms with van der Waals surface area (Å²) in [4.78, 5) is 43.5. The summed E-state index contributed by atoms with van der Waals surface area (Å²) in [6, 6.07) is 15.9. The Bertz CT molecular complexity index is 1210. The molecule has 0 bridgehead atoms. The molecule has 1 fully saturated rings. The van der Waals surface area contributed by atoms with Gasteiger partial charge in [-0.2, -0.15) is 0 Å². The lowest BCUT2D eigenvalue weighted by molar-refractivity contribution is -0.139. The fraction of sp³-hybridized carbons (Fsp3) is 0.448. The number of nitrogens with one attached hydrogen (secondary N) is 4. The van der Waals surface area contributed by atoms with E-state index in [1.807, 2.05) is 36.4 Å². The molecule has 0 unspecified atom stereocenters. The number of guanidine groups is 1. The highest BCUT2D eigenvalue weighted by molar-refractivity contribution is 5.94. The van der Waals surface area contributed by atoms with Crippen LogP contribution in [0.2, 0.25) is 0 Å². The van der Waals surface area contributed by atoms with Crippen LogP contribution in [0.25, 0.3) is 0 Å². The lowest BCUT2D eigenvalue weighted by Crippen LogP contribution is -2.50. The summed E-state index contributed by atoms with van der Waals surface area (Å²) in [6.07, 6.45) is 1.40. The Hall–Kier alpha value is -4.28. The van der Waals surface area contributed by atoms with E-state index < -0.39 is 18.1 Å². The van der Waals surface area contributed by atoms with E-state index in [1.165, 1.54) is 0 Å². The Morgan fingerprint density at radius 2 is 1.88 bits per heavy atom. The Labute approximate surface area is 234 Å². The smallest absolute Gasteiger partial charge is 0.408 e. The molecule has 0 aliphatic carbocycles. The number of carbonyl (C=O) groups excluding carboxylic acids is 2. The molecule has 11 heteroatoms. The van der Waals surface area contributed by atoms with Gasteiger partial charge in [0.25, 0.3) is 0 Å². The number of aliphatic carboxylic acids is 1. The third-order valence-electron chi connectivity index (χ3n) is 7.07. The zero-order valence-electron chi connectivity index (χ0n) is 23.0. The summed E-state index contributed by atoms with van der Waals surface area (Å²) in [5.74, 6) is -0.939. The van der Waals surface area contributed by atoms with E-state index in [0.29, 0.717) is 25.9 Å². The van der Waals surface area contributed by atoms with Crippen molar-refractivity contribution in [1.82, 2.24) is 16.0 Å². The first-order chi connectivity index (χ1) is 19.2.